The summed E-state index contributed by atoms with van der Waals surface area (Å²) in [6.07, 6.45) is 0. The van der Waals surface area contributed by atoms with Crippen molar-refractivity contribution < 1.29 is 14.4 Å². The fourth-order valence-corrected chi connectivity index (χ4v) is 12.9. The zero-order chi connectivity index (χ0) is 32.6. The Morgan fingerprint density at radius 2 is 0.468 bits per heavy atom. The second-order valence-electron chi connectivity index (χ2n) is 11.1. The van der Waals surface area contributed by atoms with E-state index in [1.165, 1.54) is 0 Å². The zero-order valence-electron chi connectivity index (χ0n) is 25.9. The Labute approximate surface area is 280 Å². The summed E-state index contributed by atoms with van der Waals surface area (Å²) in [4.78, 5) is 46.8. The van der Waals surface area contributed by atoms with Crippen molar-refractivity contribution in [2.45, 2.75) is 6.92 Å². The Balaban J connectivity index is 1.61. The first-order valence-corrected chi connectivity index (χ1v) is 19.4. The van der Waals surface area contributed by atoms with E-state index in [0.29, 0.717) is 0 Å². The van der Waals surface area contributed by atoms with E-state index in [1.807, 2.05) is 182 Å². The molecule has 0 aromatic heterocycles. The summed E-state index contributed by atoms with van der Waals surface area (Å²) in [5.74, 6) is 0. The number of carbonyl (C=O) groups excluding carboxylic acids is 3. The van der Waals surface area contributed by atoms with Crippen LogP contribution >= 0.6 is 23.8 Å². The van der Waals surface area contributed by atoms with Crippen LogP contribution in [0.25, 0.3) is 0 Å². The summed E-state index contributed by atoms with van der Waals surface area (Å²) >= 11 is 0. The molecule has 0 fully saturated rings. The van der Waals surface area contributed by atoms with Crippen LogP contribution in [-0.2, 0) is 14.4 Å². The molecule has 0 bridgehead atoms. The fraction of sp³-hybridized carbons (Fsp3) is 0.0488. The summed E-state index contributed by atoms with van der Waals surface area (Å²) < 4.78 is 0. The van der Waals surface area contributed by atoms with Gasteiger partial charge in [-0.05, 0) is 38.8 Å². The average Bonchev–Trinajstić information content (AvgIpc) is 3.14. The molecule has 0 saturated carbocycles. The predicted octanol–water partition coefficient (Wildman–Crippen LogP) is 6.97. The van der Waals surface area contributed by atoms with E-state index in [1.54, 1.807) is 6.92 Å². The van der Waals surface area contributed by atoms with Crippen molar-refractivity contribution in [1.82, 2.24) is 0 Å². The second kappa shape index (κ2) is 15.0. The molecule has 0 saturated heterocycles. The van der Waals surface area contributed by atoms with Gasteiger partial charge in [-0.2, -0.15) is 0 Å². The van der Waals surface area contributed by atoms with Gasteiger partial charge < -0.3 is 0 Å². The molecule has 3 nitrogen and oxygen atoms in total. The number of hydrogen-bond donors (Lipinski definition) is 0. The van der Waals surface area contributed by atoms with Crippen molar-refractivity contribution >= 4 is 72.2 Å². The molecule has 6 rings (SSSR count). The van der Waals surface area contributed by atoms with Crippen molar-refractivity contribution in [3.05, 3.63) is 182 Å². The van der Waals surface area contributed by atoms with E-state index in [4.69, 9.17) is 0 Å². The number of hydrogen-bond acceptors (Lipinski definition) is 3. The van der Waals surface area contributed by atoms with Crippen LogP contribution in [0.1, 0.15) is 6.92 Å². The molecule has 47 heavy (non-hydrogen) atoms. The van der Waals surface area contributed by atoms with E-state index in [0.717, 1.165) is 31.8 Å². The van der Waals surface area contributed by atoms with Crippen LogP contribution in [0.5, 0.6) is 0 Å². The minimum absolute atomic E-state index is 0.348. The van der Waals surface area contributed by atoms with E-state index in [-0.39, 0.29) is 16.6 Å². The largest absolute Gasteiger partial charge is 0.292 e. The molecule has 0 aliphatic heterocycles. The van der Waals surface area contributed by atoms with E-state index in [9.17, 15) is 0 Å². The minimum Gasteiger partial charge on any atom is -0.292 e. The SMILES string of the molecule is CC(C(=O)P(c1ccccc1)c1ccccc1)(C(=O)P(c1ccccc1)c1ccccc1)C(=O)P(c1ccccc1)c1ccccc1. The average molecular weight is 667 g/mol. The van der Waals surface area contributed by atoms with Crippen LogP contribution in [0.3, 0.4) is 0 Å². The van der Waals surface area contributed by atoms with Gasteiger partial charge in [0.05, 0.1) is 0 Å². The molecule has 0 N–H and O–H groups in total. The molecule has 0 atom stereocenters. The maximum atomic E-state index is 15.6. The number of carbonyl (C=O) groups is 3. The van der Waals surface area contributed by atoms with Gasteiger partial charge in [-0.3, -0.25) is 14.4 Å². The molecule has 6 aromatic rings. The van der Waals surface area contributed by atoms with Gasteiger partial charge in [-0.25, -0.2) is 0 Å². The lowest BCUT2D eigenvalue weighted by Crippen LogP contribution is -2.47. The summed E-state index contributed by atoms with van der Waals surface area (Å²) in [6.45, 7) is 1.61. The Hall–Kier alpha value is -4.38. The van der Waals surface area contributed by atoms with Gasteiger partial charge in [0.15, 0.2) is 22.0 Å². The highest BCUT2D eigenvalue weighted by Gasteiger charge is 2.55. The fourth-order valence-electron chi connectivity index (χ4n) is 5.56. The van der Waals surface area contributed by atoms with Gasteiger partial charge in [-0.1, -0.05) is 182 Å². The molecule has 0 aliphatic carbocycles. The topological polar surface area (TPSA) is 51.2 Å². The molecule has 230 valence electrons. The van der Waals surface area contributed by atoms with Crippen molar-refractivity contribution in [2.24, 2.45) is 5.41 Å². The Morgan fingerprint density at radius 1 is 0.319 bits per heavy atom. The highest BCUT2D eigenvalue weighted by Crippen LogP contribution is 2.55. The summed E-state index contributed by atoms with van der Waals surface area (Å²) in [6, 6.07) is 57.5. The number of rotatable bonds is 12. The second-order valence-corrected chi connectivity index (χ2v) is 17.4. The Bertz CT molecular complexity index is 1590. The molecular weight excluding hydrogens is 633 g/mol. The van der Waals surface area contributed by atoms with Crippen LogP contribution < -0.4 is 31.8 Å². The third-order valence-electron chi connectivity index (χ3n) is 7.98. The standard InChI is InChI=1S/C41H33O3P3/c1-41(38(42)45(32-20-8-2-9-21-32)33-22-10-3-11-23-33,39(43)46(34-24-12-4-13-25-34)35-26-14-5-15-27-35)40(44)47(36-28-16-6-17-29-36)37-30-18-7-19-31-37/h2-31H,1H3. The van der Waals surface area contributed by atoms with Crippen LogP contribution in [0.15, 0.2) is 182 Å². The molecule has 0 aliphatic rings. The zero-order valence-corrected chi connectivity index (χ0v) is 28.6. The molecule has 0 amide bonds. The van der Waals surface area contributed by atoms with Crippen molar-refractivity contribution in [3.8, 4) is 0 Å². The lowest BCUT2D eigenvalue weighted by molar-refractivity contribution is -0.136. The molecule has 6 heteroatoms. The van der Waals surface area contributed by atoms with E-state index < -0.39 is 29.2 Å². The van der Waals surface area contributed by atoms with Gasteiger partial charge >= 0.3 is 0 Å². The maximum Gasteiger partial charge on any atom is 0.184 e. The Morgan fingerprint density at radius 3 is 0.617 bits per heavy atom. The maximum absolute atomic E-state index is 15.6. The lowest BCUT2D eigenvalue weighted by atomic mass is 9.96. The third kappa shape index (κ3) is 6.86. The Kier molecular flexibility index (Phi) is 10.4. The monoisotopic (exact) mass is 666 g/mol. The first kappa shape index (κ1) is 32.6. The van der Waals surface area contributed by atoms with Crippen molar-refractivity contribution in [3.63, 3.8) is 0 Å². The van der Waals surface area contributed by atoms with Crippen molar-refractivity contribution in [2.75, 3.05) is 0 Å². The molecule has 0 heterocycles. The van der Waals surface area contributed by atoms with Crippen LogP contribution in [0.2, 0.25) is 0 Å². The van der Waals surface area contributed by atoms with Crippen molar-refractivity contribution in [1.29, 1.82) is 0 Å². The predicted molar refractivity (Wildman–Crippen MR) is 200 cm³/mol. The minimum atomic E-state index is -1.97. The molecular formula is C41H33O3P3. The highest BCUT2D eigenvalue weighted by atomic mass is 31.1. The van der Waals surface area contributed by atoms with Crippen LogP contribution in [0.4, 0.5) is 0 Å². The third-order valence-corrected chi connectivity index (χ3v) is 15.4. The molecule has 6 aromatic carbocycles. The van der Waals surface area contributed by atoms with Crippen LogP contribution in [0, 0.1) is 5.41 Å². The first-order valence-electron chi connectivity index (χ1n) is 15.3. The molecule has 0 unspecified atom stereocenters. The summed E-state index contributed by atoms with van der Waals surface area (Å²) in [5.41, 5.74) is -3.01. The normalized spacial score (nSPS) is 11.5. The van der Waals surface area contributed by atoms with Gasteiger partial charge in [0, 0.05) is 23.8 Å². The first-order chi connectivity index (χ1) is 23.0. The summed E-state index contributed by atoms with van der Waals surface area (Å²) in [5, 5.41) is 4.82. The van der Waals surface area contributed by atoms with Gasteiger partial charge in [0.1, 0.15) is 0 Å². The van der Waals surface area contributed by atoms with Crippen LogP contribution in [-0.4, -0.2) is 16.6 Å². The number of benzene rings is 6. The molecule has 0 spiro atoms. The van der Waals surface area contributed by atoms with Gasteiger partial charge in [0.2, 0.25) is 0 Å². The molecule has 0 radical (unpaired) electrons. The lowest BCUT2D eigenvalue weighted by Gasteiger charge is -2.35. The van der Waals surface area contributed by atoms with Gasteiger partial charge in [-0.15, -0.1) is 0 Å². The smallest absolute Gasteiger partial charge is 0.184 e. The quantitative estimate of drug-likeness (QED) is 0.105. The highest BCUT2D eigenvalue weighted by molar-refractivity contribution is 7.93. The van der Waals surface area contributed by atoms with E-state index in [2.05, 4.69) is 0 Å². The summed E-state index contributed by atoms with van der Waals surface area (Å²) in [7, 11) is -5.25. The van der Waals surface area contributed by atoms with E-state index >= 15 is 14.4 Å². The van der Waals surface area contributed by atoms with Gasteiger partial charge in [0.25, 0.3) is 0 Å².